The van der Waals surface area contributed by atoms with E-state index in [0.29, 0.717) is 10.9 Å². The summed E-state index contributed by atoms with van der Waals surface area (Å²) in [5.74, 6) is 0. The Hall–Kier alpha value is -0.530. The summed E-state index contributed by atoms with van der Waals surface area (Å²) in [6.07, 6.45) is 1.89. The van der Waals surface area contributed by atoms with Gasteiger partial charge < -0.3 is 10.2 Å². The number of rotatable bonds is 4. The van der Waals surface area contributed by atoms with Crippen LogP contribution in [0.3, 0.4) is 0 Å². The van der Waals surface area contributed by atoms with E-state index < -0.39 is 16.4 Å². The van der Waals surface area contributed by atoms with Gasteiger partial charge in [0.2, 0.25) is 0 Å². The molecular weight excluding hydrogens is 282 g/mol. The molecule has 1 atom stereocenters. The van der Waals surface area contributed by atoms with E-state index >= 15 is 0 Å². The van der Waals surface area contributed by atoms with Crippen molar-refractivity contribution in [1.82, 2.24) is 15.3 Å². The highest BCUT2D eigenvalue weighted by Gasteiger charge is 2.57. The van der Waals surface area contributed by atoms with Gasteiger partial charge in [0.05, 0.1) is 5.54 Å². The van der Waals surface area contributed by atoms with Gasteiger partial charge in [0, 0.05) is 13.6 Å². The quantitative estimate of drug-likeness (QED) is 0.362. The van der Waals surface area contributed by atoms with Gasteiger partial charge in [-0.25, -0.2) is 4.79 Å². The fraction of sp³-hybridized carbons (Fsp3) is 0.833. The zero-order valence-corrected chi connectivity index (χ0v) is 13.8. The maximum atomic E-state index is 12.0. The number of carbonyl (C=O) groups is 1. The highest BCUT2D eigenvalue weighted by Crippen LogP contribution is 2.49. The molecule has 1 rings (SSSR count). The first-order valence-corrected chi connectivity index (χ1v) is 7.64. The summed E-state index contributed by atoms with van der Waals surface area (Å²) in [6.45, 7) is 8.36. The molecular formula is C12H23N3O2S2. The monoisotopic (exact) mass is 305 g/mol. The van der Waals surface area contributed by atoms with Crippen molar-refractivity contribution in [3.05, 3.63) is 0 Å². The number of carbonyl (C=O) groups excluding carboxylic acids is 1. The number of nitrogens with one attached hydrogen (secondary N) is 1. The van der Waals surface area contributed by atoms with Gasteiger partial charge in [-0.05, 0) is 27.2 Å². The number of hydrogen-bond acceptors (Lipinski definition) is 4. The van der Waals surface area contributed by atoms with Crippen molar-refractivity contribution in [1.29, 1.82) is 0 Å². The third kappa shape index (κ3) is 2.83. The molecule has 0 bridgehead atoms. The molecule has 1 aliphatic heterocycles. The molecule has 1 saturated heterocycles. The van der Waals surface area contributed by atoms with Crippen molar-refractivity contribution in [3.8, 4) is 0 Å². The van der Waals surface area contributed by atoms with E-state index in [1.54, 1.807) is 0 Å². The molecule has 0 saturated carbocycles. The fourth-order valence-corrected chi connectivity index (χ4v) is 3.82. The van der Waals surface area contributed by atoms with E-state index in [9.17, 15) is 10.0 Å². The van der Waals surface area contributed by atoms with E-state index in [4.69, 9.17) is 12.2 Å². The predicted octanol–water partition coefficient (Wildman–Crippen LogP) is 2.65. The Balaban J connectivity index is 2.83. The number of hydroxylamine groups is 2. The van der Waals surface area contributed by atoms with Gasteiger partial charge in [0.25, 0.3) is 0 Å². The Kier molecular flexibility index (Phi) is 5.08. The predicted molar refractivity (Wildman–Crippen MR) is 82.4 cm³/mol. The molecule has 0 aromatic rings. The van der Waals surface area contributed by atoms with Crippen molar-refractivity contribution in [2.75, 3.05) is 13.6 Å². The van der Waals surface area contributed by atoms with Crippen LogP contribution in [0.5, 0.6) is 0 Å². The second-order valence-corrected chi connectivity index (χ2v) is 7.40. The molecule has 2 amide bonds. The van der Waals surface area contributed by atoms with Crippen LogP contribution in [-0.2, 0) is 0 Å². The fourth-order valence-electron chi connectivity index (χ4n) is 1.85. The third-order valence-corrected chi connectivity index (χ3v) is 5.98. The van der Waals surface area contributed by atoms with Crippen LogP contribution in [0.2, 0.25) is 0 Å². The first kappa shape index (κ1) is 16.5. The zero-order chi connectivity index (χ0) is 14.8. The summed E-state index contributed by atoms with van der Waals surface area (Å²) in [5.41, 5.74) is -0.453. The van der Waals surface area contributed by atoms with Crippen LogP contribution >= 0.6 is 24.0 Å². The summed E-state index contributed by atoms with van der Waals surface area (Å²) in [7, 11) is 1.88. The topological polar surface area (TPSA) is 55.8 Å². The SMILES string of the molecule is CCCCNC(=O)N(O)[C@]1(C)SC(=S)N(C)C1(C)C. The standard InChI is InChI=1S/C12H23N3O2S2/c1-6-7-8-13-9(16)15(17)12(4)11(2,3)14(5)10(18)19-12/h17H,6-8H2,1-5H3,(H,13,16)/t12-/m1/s1. The second kappa shape index (κ2) is 5.85. The second-order valence-electron chi connectivity index (χ2n) is 5.37. The van der Waals surface area contributed by atoms with E-state index in [1.165, 1.54) is 11.8 Å². The number of hydrogen-bond donors (Lipinski definition) is 2. The molecule has 0 spiro atoms. The number of unbranched alkanes of at least 4 members (excludes halogenated alkanes) is 1. The van der Waals surface area contributed by atoms with Gasteiger partial charge in [-0.1, -0.05) is 37.3 Å². The first-order chi connectivity index (χ1) is 8.68. The lowest BCUT2D eigenvalue weighted by atomic mass is 9.94. The van der Waals surface area contributed by atoms with Crippen molar-refractivity contribution in [2.45, 2.75) is 50.9 Å². The molecule has 0 aliphatic carbocycles. The zero-order valence-electron chi connectivity index (χ0n) is 12.2. The number of nitrogens with zero attached hydrogens (tertiary/aromatic N) is 2. The number of thiocarbonyl (C=S) groups is 1. The molecule has 1 aliphatic rings. The lowest BCUT2D eigenvalue weighted by Gasteiger charge is -2.43. The van der Waals surface area contributed by atoms with Gasteiger partial charge in [-0.3, -0.25) is 5.21 Å². The van der Waals surface area contributed by atoms with Crippen LogP contribution in [0.25, 0.3) is 0 Å². The number of urea groups is 1. The third-order valence-electron chi connectivity index (χ3n) is 3.94. The van der Waals surface area contributed by atoms with Crippen LogP contribution in [-0.4, -0.2) is 49.5 Å². The Bertz CT molecular complexity index is 376. The molecule has 0 aromatic heterocycles. The Labute approximate surface area is 124 Å². The molecule has 5 nitrogen and oxygen atoms in total. The van der Waals surface area contributed by atoms with Gasteiger partial charge in [0.1, 0.15) is 9.19 Å². The molecule has 110 valence electrons. The number of likely N-dealkylation sites (N-methyl/N-ethyl adjacent to an activating group) is 1. The van der Waals surface area contributed by atoms with E-state index in [1.807, 2.05) is 39.6 Å². The van der Waals surface area contributed by atoms with Crippen LogP contribution in [0.15, 0.2) is 0 Å². The number of thioether (sulfide) groups is 1. The highest BCUT2D eigenvalue weighted by molar-refractivity contribution is 8.24. The normalized spacial score (nSPS) is 25.6. The van der Waals surface area contributed by atoms with Crippen molar-refractivity contribution in [3.63, 3.8) is 0 Å². The van der Waals surface area contributed by atoms with Crippen LogP contribution in [0, 0.1) is 0 Å². The van der Waals surface area contributed by atoms with Crippen molar-refractivity contribution >= 4 is 34.3 Å². The lowest BCUT2D eigenvalue weighted by Crippen LogP contribution is -2.61. The maximum absolute atomic E-state index is 12.0. The molecule has 19 heavy (non-hydrogen) atoms. The van der Waals surface area contributed by atoms with Crippen LogP contribution in [0.4, 0.5) is 4.79 Å². The van der Waals surface area contributed by atoms with Gasteiger partial charge in [-0.2, -0.15) is 5.06 Å². The van der Waals surface area contributed by atoms with E-state index in [-0.39, 0.29) is 0 Å². The Morgan fingerprint density at radius 3 is 2.53 bits per heavy atom. The van der Waals surface area contributed by atoms with Crippen LogP contribution in [0.1, 0.15) is 40.5 Å². The van der Waals surface area contributed by atoms with Gasteiger partial charge in [-0.15, -0.1) is 0 Å². The summed E-state index contributed by atoms with van der Waals surface area (Å²) in [5, 5.41) is 13.8. The Morgan fingerprint density at radius 1 is 1.53 bits per heavy atom. The summed E-state index contributed by atoms with van der Waals surface area (Å²) in [4.78, 5) is 13.1. The molecule has 0 radical (unpaired) electrons. The molecule has 0 aromatic carbocycles. The average Bonchev–Trinajstić information content (AvgIpc) is 2.50. The van der Waals surface area contributed by atoms with Crippen molar-refractivity contribution in [2.24, 2.45) is 0 Å². The summed E-state index contributed by atoms with van der Waals surface area (Å²) in [6, 6.07) is -0.477. The molecule has 1 heterocycles. The molecule has 7 heteroatoms. The Morgan fingerprint density at radius 2 is 2.11 bits per heavy atom. The number of amides is 2. The first-order valence-electron chi connectivity index (χ1n) is 6.42. The largest absolute Gasteiger partial charge is 0.352 e. The van der Waals surface area contributed by atoms with Crippen LogP contribution < -0.4 is 5.32 Å². The molecule has 1 fully saturated rings. The highest BCUT2D eigenvalue weighted by atomic mass is 32.2. The average molecular weight is 305 g/mol. The molecule has 2 N–H and O–H groups in total. The minimum atomic E-state index is -0.810. The summed E-state index contributed by atoms with van der Waals surface area (Å²) >= 11 is 6.60. The lowest BCUT2D eigenvalue weighted by molar-refractivity contribution is -0.115. The smallest absolute Gasteiger partial charge is 0.342 e. The van der Waals surface area contributed by atoms with Crippen molar-refractivity contribution < 1.29 is 10.0 Å². The summed E-state index contributed by atoms with van der Waals surface area (Å²) < 4.78 is 0.674. The maximum Gasteiger partial charge on any atom is 0.342 e. The van der Waals surface area contributed by atoms with Gasteiger partial charge in [0.15, 0.2) is 0 Å². The minimum absolute atomic E-state index is 0.453. The van der Waals surface area contributed by atoms with E-state index in [0.717, 1.165) is 17.9 Å². The van der Waals surface area contributed by atoms with Gasteiger partial charge >= 0.3 is 6.03 Å². The minimum Gasteiger partial charge on any atom is -0.352 e. The van der Waals surface area contributed by atoms with E-state index in [2.05, 4.69) is 5.32 Å². The molecule has 0 unspecified atom stereocenters.